The van der Waals surface area contributed by atoms with Crippen LogP contribution in [0.4, 0.5) is 74.6 Å². The molecule has 0 fully saturated rings. The molecule has 0 bridgehead atoms. The molecule has 0 rings (SSSR count). The van der Waals surface area contributed by atoms with Crippen molar-refractivity contribution in [2.75, 3.05) is 0 Å². The van der Waals surface area contributed by atoms with Gasteiger partial charge in [0.15, 0.2) is 0 Å². The van der Waals surface area contributed by atoms with Gasteiger partial charge in [-0.1, -0.05) is 0 Å². The van der Waals surface area contributed by atoms with Crippen molar-refractivity contribution in [1.29, 1.82) is 0 Å². The van der Waals surface area contributed by atoms with Crippen LogP contribution in [0.3, 0.4) is 0 Å². The average Bonchev–Trinajstić information content (AvgIpc) is 2.43. The first-order chi connectivity index (χ1) is 12.2. The van der Waals surface area contributed by atoms with E-state index in [2.05, 4.69) is 0 Å². The van der Waals surface area contributed by atoms with E-state index in [-0.39, 0.29) is 0 Å². The Balaban J connectivity index is 6.69. The van der Waals surface area contributed by atoms with Crippen LogP contribution in [0, 0.1) is 0 Å². The van der Waals surface area contributed by atoms with Gasteiger partial charge in [-0.05, 0) is 0 Å². The Labute approximate surface area is 148 Å². The number of rotatable bonds is 8. The summed E-state index contributed by atoms with van der Waals surface area (Å²) >= 11 is -4.72. The zero-order chi connectivity index (χ0) is 24.3. The van der Waals surface area contributed by atoms with Crippen molar-refractivity contribution in [2.45, 2.75) is 47.8 Å². The van der Waals surface area contributed by atoms with Gasteiger partial charge in [0.25, 0.3) is 0 Å². The Morgan fingerprint density at radius 1 is 0.483 bits per heavy atom. The molecular formula is C8HF17NO2S-. The molecule has 0 aromatic carbocycles. The molecule has 176 valence electrons. The van der Waals surface area contributed by atoms with Gasteiger partial charge in [0, 0.05) is 11.3 Å². The monoisotopic (exact) mass is 498 g/mol. The lowest BCUT2D eigenvalue weighted by molar-refractivity contribution is -0.462. The van der Waals surface area contributed by atoms with E-state index in [1.165, 1.54) is 0 Å². The summed E-state index contributed by atoms with van der Waals surface area (Å²) in [7, 11) is 0. The van der Waals surface area contributed by atoms with Crippen LogP contribution in [-0.4, -0.2) is 56.5 Å². The molecule has 0 spiro atoms. The SMILES string of the molecule is O=S([O-])NC(F)(F)C(F)(F)C(F)(F)C(F)(F)C(F)(F)C(F)(F)C(F)(F)C(F)(F)F. The van der Waals surface area contributed by atoms with Crippen molar-refractivity contribution in [3.63, 3.8) is 0 Å². The highest BCUT2D eigenvalue weighted by molar-refractivity contribution is 7.77. The average molecular weight is 498 g/mol. The molecule has 0 aromatic rings. The minimum Gasteiger partial charge on any atom is -0.760 e. The summed E-state index contributed by atoms with van der Waals surface area (Å²) < 4.78 is 234. The van der Waals surface area contributed by atoms with Crippen LogP contribution in [0.5, 0.6) is 0 Å². The maximum atomic E-state index is 13.1. The van der Waals surface area contributed by atoms with Crippen molar-refractivity contribution in [3.8, 4) is 0 Å². The molecule has 3 nitrogen and oxygen atoms in total. The van der Waals surface area contributed by atoms with Gasteiger partial charge < -0.3 is 4.55 Å². The molecule has 1 unspecified atom stereocenters. The largest absolute Gasteiger partial charge is 0.760 e. The highest BCUT2D eigenvalue weighted by Gasteiger charge is 2.95. The maximum Gasteiger partial charge on any atom is 0.460 e. The molecule has 0 heterocycles. The Morgan fingerprint density at radius 2 is 0.724 bits per heavy atom. The van der Waals surface area contributed by atoms with E-state index < -0.39 is 63.7 Å². The van der Waals surface area contributed by atoms with Gasteiger partial charge in [0.1, 0.15) is 0 Å². The first-order valence-corrected chi connectivity index (χ1v) is 6.83. The van der Waals surface area contributed by atoms with E-state index >= 15 is 0 Å². The molecule has 0 aromatic heterocycles. The molecule has 29 heavy (non-hydrogen) atoms. The van der Waals surface area contributed by atoms with Crippen LogP contribution in [0.25, 0.3) is 0 Å². The van der Waals surface area contributed by atoms with Crippen LogP contribution >= 0.6 is 0 Å². The first kappa shape index (κ1) is 27.9. The van der Waals surface area contributed by atoms with Gasteiger partial charge in [0.2, 0.25) is 0 Å². The Kier molecular flexibility index (Phi) is 6.69. The summed E-state index contributed by atoms with van der Waals surface area (Å²) in [6.45, 7) is 0. The molecule has 0 amide bonds. The third kappa shape index (κ3) is 3.72. The highest BCUT2D eigenvalue weighted by atomic mass is 32.2. The number of hydrogen-bond donors (Lipinski definition) is 1. The van der Waals surface area contributed by atoms with Gasteiger partial charge in [-0.25, -0.2) is 0 Å². The van der Waals surface area contributed by atoms with Gasteiger partial charge in [0.05, 0.1) is 0 Å². The van der Waals surface area contributed by atoms with E-state index in [9.17, 15) is 83.4 Å². The summed E-state index contributed by atoms with van der Waals surface area (Å²) in [5, 5.41) is 0. The fraction of sp³-hybridized carbons (Fsp3) is 1.00. The van der Waals surface area contributed by atoms with Gasteiger partial charge in [-0.15, -0.1) is 0 Å². The van der Waals surface area contributed by atoms with Crippen LogP contribution < -0.4 is 4.72 Å². The van der Waals surface area contributed by atoms with Crippen LogP contribution in [0.2, 0.25) is 0 Å². The zero-order valence-corrected chi connectivity index (χ0v) is 13.0. The minimum atomic E-state index is -8.75. The standard InChI is InChI=1S/C8H2F17NO2S/c9-1(10,3(13,14)5(17,18)7(21,22)23)2(11,12)4(15,16)6(19,20)8(24,25)26-29(27)28/h26H,(H,27,28)/p-1. The second kappa shape index (κ2) is 6.95. The second-order valence-corrected chi connectivity index (χ2v) is 5.53. The topological polar surface area (TPSA) is 52.2 Å². The van der Waals surface area contributed by atoms with Crippen molar-refractivity contribution in [3.05, 3.63) is 0 Å². The van der Waals surface area contributed by atoms with Crippen molar-refractivity contribution >= 4 is 11.3 Å². The number of hydrogen-bond acceptors (Lipinski definition) is 2. The predicted molar refractivity (Wildman–Crippen MR) is 52.7 cm³/mol. The molecule has 0 aliphatic carbocycles. The third-order valence-electron chi connectivity index (χ3n) is 2.93. The summed E-state index contributed by atoms with van der Waals surface area (Å²) in [5.74, 6) is -50.9. The van der Waals surface area contributed by atoms with E-state index in [1.54, 1.807) is 0 Å². The summed E-state index contributed by atoms with van der Waals surface area (Å²) in [4.78, 5) is 0. The van der Waals surface area contributed by atoms with Crippen LogP contribution in [0.15, 0.2) is 0 Å². The summed E-state index contributed by atoms with van der Waals surface area (Å²) in [5.41, 5.74) is 0. The molecule has 21 heteroatoms. The van der Waals surface area contributed by atoms with Crippen LogP contribution in [-0.2, 0) is 11.3 Å². The van der Waals surface area contributed by atoms with Crippen molar-refractivity contribution in [1.82, 2.24) is 4.72 Å². The highest BCUT2D eigenvalue weighted by Crippen LogP contribution is 2.63. The summed E-state index contributed by atoms with van der Waals surface area (Å²) in [6.07, 6.45) is -7.83. The smallest absolute Gasteiger partial charge is 0.460 e. The molecule has 0 saturated heterocycles. The maximum absolute atomic E-state index is 13.1. The second-order valence-electron chi connectivity index (χ2n) is 4.86. The van der Waals surface area contributed by atoms with E-state index in [0.717, 1.165) is 0 Å². The van der Waals surface area contributed by atoms with E-state index in [4.69, 9.17) is 0 Å². The normalized spacial score (nSPS) is 17.4. The number of nitrogens with one attached hydrogen (secondary N) is 1. The fourth-order valence-corrected chi connectivity index (χ4v) is 1.67. The number of alkyl halides is 17. The quantitative estimate of drug-likeness (QED) is 0.308. The predicted octanol–water partition coefficient (Wildman–Crippen LogP) is 4.34. The molecular weight excluding hydrogens is 497 g/mol. The molecule has 1 atom stereocenters. The molecule has 0 aliphatic rings. The van der Waals surface area contributed by atoms with Crippen molar-refractivity contribution in [2.24, 2.45) is 0 Å². The van der Waals surface area contributed by atoms with Gasteiger partial charge in [-0.2, -0.15) is 79.4 Å². The number of halogens is 17. The molecule has 1 N–H and O–H groups in total. The third-order valence-corrected chi connectivity index (χ3v) is 3.36. The lowest BCUT2D eigenvalue weighted by Gasteiger charge is -2.42. The lowest BCUT2D eigenvalue weighted by Crippen LogP contribution is -2.75. The first-order valence-electron chi connectivity index (χ1n) is 5.75. The molecule has 0 radical (unpaired) electrons. The lowest BCUT2D eigenvalue weighted by atomic mass is 9.90. The Morgan fingerprint density at radius 3 is 0.966 bits per heavy atom. The Hall–Kier alpha value is -1.12. The molecule has 0 saturated carbocycles. The van der Waals surface area contributed by atoms with Gasteiger partial charge in [-0.3, -0.25) is 4.21 Å². The Bertz CT molecular complexity index is 640. The molecule has 0 aliphatic heterocycles. The van der Waals surface area contributed by atoms with Crippen LogP contribution in [0.1, 0.15) is 0 Å². The zero-order valence-electron chi connectivity index (χ0n) is 12.2. The van der Waals surface area contributed by atoms with E-state index in [0.29, 0.717) is 0 Å². The minimum absolute atomic E-state index is 0.858. The fourth-order valence-electron chi connectivity index (χ4n) is 1.33. The summed E-state index contributed by atoms with van der Waals surface area (Å²) in [6, 6.07) is -7.15. The van der Waals surface area contributed by atoms with Gasteiger partial charge >= 0.3 is 47.8 Å². The van der Waals surface area contributed by atoms with E-state index in [1.807, 2.05) is 0 Å². The van der Waals surface area contributed by atoms with Crippen molar-refractivity contribution < 1.29 is 83.4 Å².